The van der Waals surface area contributed by atoms with E-state index >= 15 is 0 Å². The number of halogens is 1. The lowest BCUT2D eigenvalue weighted by Crippen LogP contribution is -2.07. The molecule has 16 heavy (non-hydrogen) atoms. The van der Waals surface area contributed by atoms with Gasteiger partial charge in [0.2, 0.25) is 5.43 Å². The van der Waals surface area contributed by atoms with Gasteiger partial charge in [0.25, 0.3) is 5.88 Å². The highest BCUT2D eigenvalue weighted by atomic mass is 35.5. The van der Waals surface area contributed by atoms with Crippen LogP contribution in [0.3, 0.4) is 0 Å². The van der Waals surface area contributed by atoms with Crippen LogP contribution >= 0.6 is 11.6 Å². The first-order chi connectivity index (χ1) is 7.66. The molecule has 0 aliphatic rings. The van der Waals surface area contributed by atoms with Crippen LogP contribution in [0.2, 0.25) is 5.15 Å². The van der Waals surface area contributed by atoms with Crippen molar-refractivity contribution in [2.75, 3.05) is 0 Å². The number of aromatic amines is 1. The number of aryl methyl sites for hydroxylation is 1. The number of rotatable bonds is 2. The molecule has 0 spiro atoms. The fourth-order valence-corrected chi connectivity index (χ4v) is 1.36. The molecule has 0 bridgehead atoms. The van der Waals surface area contributed by atoms with Crippen molar-refractivity contribution in [3.05, 3.63) is 51.3 Å². The lowest BCUT2D eigenvalue weighted by molar-refractivity contribution is 0.447. The molecule has 2 rings (SSSR count). The predicted molar refractivity (Wildman–Crippen MR) is 61.1 cm³/mol. The largest absolute Gasteiger partial charge is 0.435 e. The standard InChI is InChI=1S/C11H9ClN2O2/c1-7-4-2-3-5-9(7)16-11-8(15)6-10(12)13-14-11/h2-6H,1H3,(H,13,15). The summed E-state index contributed by atoms with van der Waals surface area (Å²) in [7, 11) is 0. The Labute approximate surface area is 96.8 Å². The lowest BCUT2D eigenvalue weighted by atomic mass is 10.2. The molecule has 0 amide bonds. The van der Waals surface area contributed by atoms with E-state index in [0.29, 0.717) is 5.75 Å². The van der Waals surface area contributed by atoms with E-state index in [9.17, 15) is 4.79 Å². The van der Waals surface area contributed by atoms with E-state index in [2.05, 4.69) is 10.2 Å². The summed E-state index contributed by atoms with van der Waals surface area (Å²) in [6, 6.07) is 8.60. The van der Waals surface area contributed by atoms with E-state index in [-0.39, 0.29) is 16.5 Å². The van der Waals surface area contributed by atoms with Crippen LogP contribution in [0, 0.1) is 6.92 Å². The van der Waals surface area contributed by atoms with Crippen molar-refractivity contribution in [2.24, 2.45) is 0 Å². The number of benzene rings is 1. The van der Waals surface area contributed by atoms with Crippen LogP contribution < -0.4 is 10.2 Å². The number of para-hydroxylation sites is 1. The Morgan fingerprint density at radius 3 is 2.81 bits per heavy atom. The minimum atomic E-state index is -0.355. The Morgan fingerprint density at radius 1 is 1.38 bits per heavy atom. The molecule has 4 nitrogen and oxygen atoms in total. The van der Waals surface area contributed by atoms with Gasteiger partial charge in [-0.2, -0.15) is 0 Å². The predicted octanol–water partition coefficient (Wildman–Crippen LogP) is 2.52. The van der Waals surface area contributed by atoms with E-state index in [1.807, 2.05) is 25.1 Å². The molecular formula is C11H9ClN2O2. The van der Waals surface area contributed by atoms with E-state index in [0.717, 1.165) is 5.56 Å². The lowest BCUT2D eigenvalue weighted by Gasteiger charge is -2.05. The number of H-pyrrole nitrogens is 1. The first kappa shape index (κ1) is 10.7. The van der Waals surface area contributed by atoms with E-state index < -0.39 is 0 Å². The minimum absolute atomic E-state index is 0.0151. The third kappa shape index (κ3) is 2.23. The molecule has 1 aromatic heterocycles. The summed E-state index contributed by atoms with van der Waals surface area (Å²) in [5.41, 5.74) is 0.575. The molecule has 0 aliphatic heterocycles. The zero-order chi connectivity index (χ0) is 11.5. The first-order valence-corrected chi connectivity index (χ1v) is 5.03. The maximum Gasteiger partial charge on any atom is 0.285 e. The molecule has 0 saturated carbocycles. The normalized spacial score (nSPS) is 10.1. The number of ether oxygens (including phenoxy) is 1. The van der Waals surface area contributed by atoms with Gasteiger partial charge in [-0.15, -0.1) is 5.10 Å². The van der Waals surface area contributed by atoms with Crippen molar-refractivity contribution < 1.29 is 4.74 Å². The van der Waals surface area contributed by atoms with Gasteiger partial charge in [0.1, 0.15) is 10.9 Å². The van der Waals surface area contributed by atoms with Crippen LogP contribution in [0.1, 0.15) is 5.56 Å². The van der Waals surface area contributed by atoms with Gasteiger partial charge in [-0.25, -0.2) is 0 Å². The summed E-state index contributed by atoms with van der Waals surface area (Å²) in [5, 5.41) is 6.38. The van der Waals surface area contributed by atoms with Gasteiger partial charge in [0, 0.05) is 6.07 Å². The minimum Gasteiger partial charge on any atom is -0.435 e. The summed E-state index contributed by atoms with van der Waals surface area (Å²) >= 11 is 5.58. The van der Waals surface area contributed by atoms with Crippen molar-refractivity contribution in [2.45, 2.75) is 6.92 Å². The van der Waals surface area contributed by atoms with Gasteiger partial charge in [0.15, 0.2) is 0 Å². The quantitative estimate of drug-likeness (QED) is 0.872. The van der Waals surface area contributed by atoms with Crippen molar-refractivity contribution in [3.8, 4) is 11.6 Å². The average molecular weight is 237 g/mol. The van der Waals surface area contributed by atoms with Crippen LogP contribution in [0.5, 0.6) is 11.6 Å². The van der Waals surface area contributed by atoms with Gasteiger partial charge in [-0.3, -0.25) is 9.89 Å². The van der Waals surface area contributed by atoms with Crippen LogP contribution in [0.15, 0.2) is 35.1 Å². The Morgan fingerprint density at radius 2 is 2.12 bits per heavy atom. The zero-order valence-corrected chi connectivity index (χ0v) is 9.28. The maximum absolute atomic E-state index is 11.5. The highest BCUT2D eigenvalue weighted by molar-refractivity contribution is 6.29. The number of nitrogens with zero attached hydrogens (tertiary/aromatic N) is 1. The molecule has 0 atom stereocenters. The Bertz CT molecular complexity index is 566. The molecule has 0 saturated heterocycles. The Hall–Kier alpha value is -1.81. The second-order valence-corrected chi connectivity index (χ2v) is 3.66. The summed E-state index contributed by atoms with van der Waals surface area (Å²) < 4.78 is 5.38. The summed E-state index contributed by atoms with van der Waals surface area (Å²) in [4.78, 5) is 11.5. The molecule has 5 heteroatoms. The van der Waals surface area contributed by atoms with Crippen LogP contribution in [-0.4, -0.2) is 10.2 Å². The molecule has 1 N–H and O–H groups in total. The van der Waals surface area contributed by atoms with E-state index in [1.54, 1.807) is 6.07 Å². The van der Waals surface area contributed by atoms with Crippen molar-refractivity contribution in [3.63, 3.8) is 0 Å². The van der Waals surface area contributed by atoms with Gasteiger partial charge in [-0.1, -0.05) is 29.8 Å². The molecule has 0 unspecified atom stereocenters. The second-order valence-electron chi connectivity index (χ2n) is 3.25. The SMILES string of the molecule is Cc1ccccc1Oc1n[nH]c(Cl)cc1=O. The summed E-state index contributed by atoms with van der Waals surface area (Å²) in [6.07, 6.45) is 0. The van der Waals surface area contributed by atoms with Crippen LogP contribution in [0.4, 0.5) is 0 Å². The fraction of sp³-hybridized carbons (Fsp3) is 0.0909. The smallest absolute Gasteiger partial charge is 0.285 e. The van der Waals surface area contributed by atoms with Crippen LogP contribution in [-0.2, 0) is 0 Å². The van der Waals surface area contributed by atoms with Gasteiger partial charge >= 0.3 is 0 Å². The van der Waals surface area contributed by atoms with Crippen molar-refractivity contribution in [1.82, 2.24) is 10.2 Å². The fourth-order valence-electron chi connectivity index (χ4n) is 1.22. The van der Waals surface area contributed by atoms with E-state index in [4.69, 9.17) is 16.3 Å². The second kappa shape index (κ2) is 4.37. The number of nitrogens with one attached hydrogen (secondary N) is 1. The summed E-state index contributed by atoms with van der Waals surface area (Å²) in [6.45, 7) is 1.89. The zero-order valence-electron chi connectivity index (χ0n) is 8.53. The topological polar surface area (TPSA) is 55.0 Å². The van der Waals surface area contributed by atoms with Gasteiger partial charge < -0.3 is 4.74 Å². The third-order valence-electron chi connectivity index (χ3n) is 2.03. The van der Waals surface area contributed by atoms with Crippen molar-refractivity contribution in [1.29, 1.82) is 0 Å². The number of hydrogen-bond donors (Lipinski definition) is 1. The molecule has 2 aromatic rings. The highest BCUT2D eigenvalue weighted by Gasteiger charge is 2.06. The molecule has 0 aliphatic carbocycles. The molecule has 0 radical (unpaired) electrons. The average Bonchev–Trinajstić information content (AvgIpc) is 2.25. The van der Waals surface area contributed by atoms with Crippen LogP contribution in [0.25, 0.3) is 0 Å². The molecule has 82 valence electrons. The Kier molecular flexibility index (Phi) is 2.92. The Balaban J connectivity index is 2.35. The maximum atomic E-state index is 11.5. The molecule has 1 heterocycles. The van der Waals surface area contributed by atoms with Gasteiger partial charge in [0.05, 0.1) is 0 Å². The molecule has 0 fully saturated rings. The molecule has 1 aromatic carbocycles. The van der Waals surface area contributed by atoms with E-state index in [1.165, 1.54) is 6.07 Å². The number of hydrogen-bond acceptors (Lipinski definition) is 3. The molecular weight excluding hydrogens is 228 g/mol. The number of aromatic nitrogens is 2. The first-order valence-electron chi connectivity index (χ1n) is 4.65. The highest BCUT2D eigenvalue weighted by Crippen LogP contribution is 2.20. The third-order valence-corrected chi connectivity index (χ3v) is 2.23. The van der Waals surface area contributed by atoms with Gasteiger partial charge in [-0.05, 0) is 18.6 Å². The van der Waals surface area contributed by atoms with Crippen molar-refractivity contribution >= 4 is 11.6 Å². The summed E-state index contributed by atoms with van der Waals surface area (Å²) in [5.74, 6) is 0.585. The monoisotopic (exact) mass is 236 g/mol.